The predicted molar refractivity (Wildman–Crippen MR) is 246 cm³/mol. The van der Waals surface area contributed by atoms with Crippen LogP contribution in [0, 0.1) is 0 Å². The molecule has 2 aliphatic rings. The van der Waals surface area contributed by atoms with E-state index in [2.05, 4.69) is 34.1 Å². The molecule has 0 fully saturated rings. The first kappa shape index (κ1) is 41.1. The van der Waals surface area contributed by atoms with Crippen LogP contribution >= 0.6 is 0 Å². The van der Waals surface area contributed by atoms with E-state index in [4.69, 9.17) is 9.47 Å². The molecule has 10 rings (SSSR count). The molecule has 0 unspecified atom stereocenters. The van der Waals surface area contributed by atoms with Crippen molar-refractivity contribution in [1.29, 1.82) is 0 Å². The summed E-state index contributed by atoms with van der Waals surface area (Å²) < 4.78 is 103. The van der Waals surface area contributed by atoms with Crippen molar-refractivity contribution >= 4 is 58.4 Å². The minimum absolute atomic E-state index is 0.0603. The highest BCUT2D eigenvalue weighted by molar-refractivity contribution is 5.94. The molecule has 65 heavy (non-hydrogen) atoms. The first-order valence-corrected chi connectivity index (χ1v) is 20.7. The van der Waals surface area contributed by atoms with Gasteiger partial charge in [0, 0.05) is 11.4 Å². The molecule has 0 spiro atoms. The molecular weight excluding hydrogens is 835 g/mol. The number of para-hydroxylation sites is 4. The van der Waals surface area contributed by atoms with E-state index in [0.717, 1.165) is 105 Å². The number of ether oxygens (including phenoxy) is 2. The molecule has 0 radical (unpaired) electrons. The van der Waals surface area contributed by atoms with Crippen LogP contribution in [-0.4, -0.2) is 12.4 Å². The minimum Gasteiger partial charge on any atom is -0.457 e. The molecule has 0 atom stereocenters. The number of rotatable bonds is 8. The van der Waals surface area contributed by atoms with E-state index in [1.54, 1.807) is 24.3 Å². The number of anilines is 6. The molecule has 0 bridgehead atoms. The van der Waals surface area contributed by atoms with Gasteiger partial charge in [-0.1, -0.05) is 121 Å². The smallest absolute Gasteiger partial charge is 0.411 e. The van der Waals surface area contributed by atoms with Crippen LogP contribution in [0.15, 0.2) is 194 Å². The van der Waals surface area contributed by atoms with Gasteiger partial charge in [-0.25, -0.2) is 0 Å². The Morgan fingerprint density at radius 1 is 0.292 bits per heavy atom. The molecule has 0 N–H and O–H groups in total. The second-order valence-corrected chi connectivity index (χ2v) is 15.6. The summed E-state index contributed by atoms with van der Waals surface area (Å²) in [6.45, 7) is 0. The molecule has 0 saturated heterocycles. The van der Waals surface area contributed by atoms with Gasteiger partial charge in [-0.05, 0) is 130 Å². The Hall–Kier alpha value is -7.98. The van der Waals surface area contributed by atoms with E-state index in [0.29, 0.717) is 11.5 Å². The van der Waals surface area contributed by atoms with E-state index in [1.807, 2.05) is 121 Å². The summed E-state index contributed by atoms with van der Waals surface area (Å²) in [5.74, 6) is 0.804. The second-order valence-electron chi connectivity index (χ2n) is 15.6. The fraction of sp³-hybridized carbons (Fsp3) is 0.0545. The van der Waals surface area contributed by atoms with Crippen LogP contribution in [0.5, 0.6) is 23.0 Å². The fourth-order valence-corrected chi connectivity index (χ4v) is 8.63. The first-order valence-electron chi connectivity index (χ1n) is 20.7. The van der Waals surface area contributed by atoms with Gasteiger partial charge in [-0.15, -0.1) is 0 Å². The largest absolute Gasteiger partial charge is 0.457 e. The van der Waals surface area contributed by atoms with E-state index in [-0.39, 0.29) is 11.5 Å². The number of fused-ring (bicyclic) bond motifs is 4. The average molecular weight is 871 g/mol. The minimum atomic E-state index is -5.78. The van der Waals surface area contributed by atoms with Gasteiger partial charge in [0.25, 0.3) is 0 Å². The van der Waals surface area contributed by atoms with Gasteiger partial charge in [-0.2, -0.15) is 26.3 Å². The third-order valence-electron chi connectivity index (χ3n) is 11.7. The van der Waals surface area contributed by atoms with E-state index in [1.165, 1.54) is 0 Å². The Morgan fingerprint density at radius 3 is 0.800 bits per heavy atom. The summed E-state index contributed by atoms with van der Waals surface area (Å²) in [4.78, 5) is 4.22. The van der Waals surface area contributed by atoms with Crippen molar-refractivity contribution in [3.8, 4) is 23.0 Å². The molecule has 320 valence electrons. The lowest BCUT2D eigenvalue weighted by molar-refractivity contribution is -0.288. The van der Waals surface area contributed by atoms with Crippen LogP contribution in [0.4, 0.5) is 60.5 Å². The summed E-state index contributed by atoms with van der Waals surface area (Å²) in [6.07, 6.45) is -3.33. The van der Waals surface area contributed by atoms with Crippen LogP contribution in [-0.2, 0) is 5.41 Å². The molecule has 4 nitrogen and oxygen atoms in total. The molecular formula is C55H36F6N2O2. The Balaban J connectivity index is 0.890. The van der Waals surface area contributed by atoms with Gasteiger partial charge in [-0.3, -0.25) is 0 Å². The van der Waals surface area contributed by atoms with Crippen molar-refractivity contribution in [2.45, 2.75) is 17.8 Å². The summed E-state index contributed by atoms with van der Waals surface area (Å²) in [5.41, 5.74) is 3.19. The predicted octanol–water partition coefficient (Wildman–Crippen LogP) is 16.6. The van der Waals surface area contributed by atoms with Crippen LogP contribution in [0.1, 0.15) is 33.4 Å². The van der Waals surface area contributed by atoms with Gasteiger partial charge < -0.3 is 19.3 Å². The molecule has 0 aromatic heterocycles. The number of alkyl halides is 6. The number of nitrogens with zero attached hydrogens (tertiary/aromatic N) is 2. The van der Waals surface area contributed by atoms with Gasteiger partial charge in [0.2, 0.25) is 5.41 Å². The Labute approximate surface area is 371 Å². The molecule has 8 aromatic rings. The van der Waals surface area contributed by atoms with Crippen molar-refractivity contribution in [2.75, 3.05) is 9.80 Å². The summed E-state index contributed by atoms with van der Waals surface area (Å²) in [7, 11) is 0. The second kappa shape index (κ2) is 16.3. The summed E-state index contributed by atoms with van der Waals surface area (Å²) in [5, 5.41) is 0. The molecule has 2 heterocycles. The van der Waals surface area contributed by atoms with Crippen molar-refractivity contribution in [3.63, 3.8) is 0 Å². The number of hydrogen-bond acceptors (Lipinski definition) is 4. The lowest BCUT2D eigenvalue weighted by Gasteiger charge is -2.38. The number of halogens is 6. The van der Waals surface area contributed by atoms with Crippen LogP contribution < -0.4 is 19.3 Å². The van der Waals surface area contributed by atoms with Crippen molar-refractivity contribution in [1.82, 2.24) is 0 Å². The van der Waals surface area contributed by atoms with Crippen LogP contribution in [0.3, 0.4) is 0 Å². The van der Waals surface area contributed by atoms with Crippen molar-refractivity contribution in [2.24, 2.45) is 0 Å². The normalized spacial score (nSPS) is 13.2. The Morgan fingerprint density at radius 2 is 0.538 bits per heavy atom. The number of hydrogen-bond donors (Lipinski definition) is 0. The summed E-state index contributed by atoms with van der Waals surface area (Å²) >= 11 is 0. The Kier molecular flexibility index (Phi) is 10.3. The van der Waals surface area contributed by atoms with Gasteiger partial charge in [0.05, 0.1) is 22.7 Å². The maximum Gasteiger partial charge on any atom is 0.411 e. The molecule has 0 aliphatic carbocycles. The SMILES string of the molecule is FC(F)(F)C(c1ccc(Oc2ccc(N3c4ccccc4C=Cc4ccccc43)cc2)cc1)(c1ccc(Oc2ccc(N3c4ccccc4C=Cc4ccccc43)cc2)cc1)C(F)(F)F. The van der Waals surface area contributed by atoms with E-state index >= 15 is 26.3 Å². The lowest BCUT2D eigenvalue weighted by atomic mass is 9.73. The van der Waals surface area contributed by atoms with Gasteiger partial charge >= 0.3 is 12.4 Å². The highest BCUT2D eigenvalue weighted by Crippen LogP contribution is 2.57. The first-order chi connectivity index (χ1) is 31.5. The fourth-order valence-electron chi connectivity index (χ4n) is 8.63. The van der Waals surface area contributed by atoms with Gasteiger partial charge in [0.1, 0.15) is 23.0 Å². The van der Waals surface area contributed by atoms with E-state index in [9.17, 15) is 0 Å². The third-order valence-corrected chi connectivity index (χ3v) is 11.7. The highest BCUT2D eigenvalue weighted by Gasteiger charge is 2.72. The maximum atomic E-state index is 15.1. The zero-order valence-electron chi connectivity index (χ0n) is 34.3. The summed E-state index contributed by atoms with van der Waals surface area (Å²) in [6, 6.07) is 53.7. The van der Waals surface area contributed by atoms with Crippen LogP contribution in [0.2, 0.25) is 0 Å². The average Bonchev–Trinajstić information content (AvgIpc) is 3.58. The lowest BCUT2D eigenvalue weighted by Crippen LogP contribution is -2.54. The third kappa shape index (κ3) is 7.46. The zero-order chi connectivity index (χ0) is 44.8. The molecule has 8 aromatic carbocycles. The molecule has 2 aliphatic heterocycles. The highest BCUT2D eigenvalue weighted by atomic mass is 19.4. The topological polar surface area (TPSA) is 24.9 Å². The Bertz CT molecular complexity index is 2760. The van der Waals surface area contributed by atoms with Gasteiger partial charge in [0.15, 0.2) is 0 Å². The molecule has 0 amide bonds. The van der Waals surface area contributed by atoms with Crippen LogP contribution in [0.25, 0.3) is 24.3 Å². The number of benzene rings is 8. The molecule has 10 heteroatoms. The monoisotopic (exact) mass is 870 g/mol. The maximum absolute atomic E-state index is 15.1. The van der Waals surface area contributed by atoms with Crippen molar-refractivity contribution < 1.29 is 35.8 Å². The zero-order valence-corrected chi connectivity index (χ0v) is 34.3. The molecule has 0 saturated carbocycles. The van der Waals surface area contributed by atoms with E-state index < -0.39 is 28.9 Å². The standard InChI is InChI=1S/C55H36F6N2O2/c56-54(57,58)53(55(59,60)61,41-21-29-45(30-22-41)64-47-33-25-43(26-34-47)62-49-13-5-1-9-37(49)17-18-38-10-2-6-14-50(38)62)42-23-31-46(32-24-42)65-48-35-27-44(28-36-48)63-51-15-7-3-11-39(51)19-20-40-12-4-8-16-52(40)63/h1-36H. The van der Waals surface area contributed by atoms with Crippen molar-refractivity contribution in [3.05, 3.63) is 228 Å². The quantitative estimate of drug-likeness (QED) is 0.142.